The van der Waals surface area contributed by atoms with Crippen LogP contribution in [0.15, 0.2) is 35.5 Å². The van der Waals surface area contributed by atoms with Gasteiger partial charge in [-0.1, -0.05) is 18.2 Å². The Kier molecular flexibility index (Phi) is 2.51. The fourth-order valence-electron chi connectivity index (χ4n) is 4.56. The normalized spacial score (nSPS) is 33.4. The lowest BCUT2D eigenvalue weighted by Crippen LogP contribution is -2.50. The Balaban J connectivity index is 1.49. The van der Waals surface area contributed by atoms with Crippen LogP contribution in [0.5, 0.6) is 0 Å². The molecule has 4 heteroatoms. The van der Waals surface area contributed by atoms with Gasteiger partial charge in [0.15, 0.2) is 0 Å². The lowest BCUT2D eigenvalue weighted by atomic mass is 9.88. The van der Waals surface area contributed by atoms with Gasteiger partial charge in [0.1, 0.15) is 5.60 Å². The molecule has 1 aromatic heterocycles. The second kappa shape index (κ2) is 4.35. The Morgan fingerprint density at radius 3 is 2.82 bits per heavy atom. The maximum Gasteiger partial charge on any atom is 0.219 e. The molecule has 4 heterocycles. The van der Waals surface area contributed by atoms with Crippen molar-refractivity contribution in [3.63, 3.8) is 0 Å². The number of benzene rings is 1. The Morgan fingerprint density at radius 1 is 1.23 bits per heavy atom. The second-order valence-corrected chi connectivity index (χ2v) is 7.12. The van der Waals surface area contributed by atoms with E-state index in [1.54, 1.807) is 0 Å². The Bertz CT molecular complexity index is 764. The fraction of sp³-hybridized carbons (Fsp3) is 0.500. The molecule has 0 radical (unpaired) electrons. The number of aryl methyl sites for hydroxylation is 1. The van der Waals surface area contributed by atoms with Crippen LogP contribution in [-0.4, -0.2) is 34.7 Å². The standard InChI is InChI=1S/C18H21N3O/c1-21-10-15(14-4-2-3-5-16(14)21)17-19-11-18(22-17)8-12-6-7-13(9-18)20-12/h2-5,10,12-13,20H,6-9,11H2,1H3. The van der Waals surface area contributed by atoms with E-state index in [-0.39, 0.29) is 5.60 Å². The van der Waals surface area contributed by atoms with E-state index < -0.39 is 0 Å². The summed E-state index contributed by atoms with van der Waals surface area (Å²) in [6, 6.07) is 9.72. The summed E-state index contributed by atoms with van der Waals surface area (Å²) in [4.78, 5) is 4.80. The number of aromatic nitrogens is 1. The zero-order valence-electron chi connectivity index (χ0n) is 12.9. The molecule has 2 saturated heterocycles. The van der Waals surface area contributed by atoms with Crippen molar-refractivity contribution in [3.05, 3.63) is 36.0 Å². The van der Waals surface area contributed by atoms with E-state index >= 15 is 0 Å². The van der Waals surface area contributed by atoms with Gasteiger partial charge in [-0.15, -0.1) is 0 Å². The molecule has 3 aliphatic rings. The highest BCUT2D eigenvalue weighted by Crippen LogP contribution is 2.40. The minimum absolute atomic E-state index is 0.0522. The summed E-state index contributed by atoms with van der Waals surface area (Å²) in [6.45, 7) is 0.820. The number of hydrogen-bond donors (Lipinski definition) is 1. The predicted molar refractivity (Wildman–Crippen MR) is 87.3 cm³/mol. The first-order valence-electron chi connectivity index (χ1n) is 8.26. The lowest BCUT2D eigenvalue weighted by molar-refractivity contribution is 0.0348. The lowest BCUT2D eigenvalue weighted by Gasteiger charge is -2.37. The summed E-state index contributed by atoms with van der Waals surface area (Å²) in [5, 5.41) is 4.93. The molecule has 2 unspecified atom stereocenters. The first-order chi connectivity index (χ1) is 10.7. The molecule has 2 bridgehead atoms. The van der Waals surface area contributed by atoms with E-state index in [9.17, 15) is 0 Å². The molecule has 22 heavy (non-hydrogen) atoms. The summed E-state index contributed by atoms with van der Waals surface area (Å²) < 4.78 is 8.64. The van der Waals surface area contributed by atoms with Crippen molar-refractivity contribution >= 4 is 16.8 Å². The fourth-order valence-corrected chi connectivity index (χ4v) is 4.56. The smallest absolute Gasteiger partial charge is 0.219 e. The zero-order chi connectivity index (χ0) is 14.7. The third-order valence-corrected chi connectivity index (χ3v) is 5.52. The van der Waals surface area contributed by atoms with E-state index in [0.717, 1.165) is 30.8 Å². The number of nitrogens with zero attached hydrogens (tertiary/aromatic N) is 2. The van der Waals surface area contributed by atoms with Crippen LogP contribution in [0, 0.1) is 0 Å². The number of ether oxygens (including phenoxy) is 1. The molecule has 1 spiro atoms. The van der Waals surface area contributed by atoms with Crippen LogP contribution in [0.25, 0.3) is 10.9 Å². The van der Waals surface area contributed by atoms with E-state index in [1.807, 2.05) is 0 Å². The molecule has 1 aromatic carbocycles. The maximum atomic E-state index is 6.47. The van der Waals surface area contributed by atoms with Crippen LogP contribution >= 0.6 is 0 Å². The number of piperidine rings is 1. The number of fused-ring (bicyclic) bond motifs is 3. The van der Waals surface area contributed by atoms with Crippen molar-refractivity contribution in [1.82, 2.24) is 9.88 Å². The highest BCUT2D eigenvalue weighted by Gasteiger charge is 2.48. The van der Waals surface area contributed by atoms with Gasteiger partial charge in [-0.2, -0.15) is 0 Å². The third-order valence-electron chi connectivity index (χ3n) is 5.52. The minimum atomic E-state index is -0.0522. The van der Waals surface area contributed by atoms with Crippen molar-refractivity contribution in [3.8, 4) is 0 Å². The van der Waals surface area contributed by atoms with Crippen LogP contribution in [0.1, 0.15) is 31.2 Å². The molecule has 2 fully saturated rings. The van der Waals surface area contributed by atoms with Crippen LogP contribution < -0.4 is 5.32 Å². The monoisotopic (exact) mass is 295 g/mol. The maximum absolute atomic E-state index is 6.47. The van der Waals surface area contributed by atoms with E-state index in [0.29, 0.717) is 12.1 Å². The van der Waals surface area contributed by atoms with Crippen molar-refractivity contribution in [2.24, 2.45) is 12.0 Å². The molecule has 4 nitrogen and oxygen atoms in total. The summed E-state index contributed by atoms with van der Waals surface area (Å²) in [7, 11) is 2.09. The van der Waals surface area contributed by atoms with E-state index in [2.05, 4.69) is 47.4 Å². The van der Waals surface area contributed by atoms with Crippen molar-refractivity contribution in [2.45, 2.75) is 43.4 Å². The van der Waals surface area contributed by atoms with Crippen LogP contribution in [0.2, 0.25) is 0 Å². The molecule has 0 aliphatic carbocycles. The molecule has 5 rings (SSSR count). The van der Waals surface area contributed by atoms with Gasteiger partial charge in [-0.3, -0.25) is 0 Å². The summed E-state index contributed by atoms with van der Waals surface area (Å²) in [5.41, 5.74) is 2.32. The quantitative estimate of drug-likeness (QED) is 0.878. The Morgan fingerprint density at radius 2 is 2.00 bits per heavy atom. The van der Waals surface area contributed by atoms with Gasteiger partial charge in [0.05, 0.1) is 12.1 Å². The molecule has 114 valence electrons. The molecule has 1 N–H and O–H groups in total. The molecule has 0 amide bonds. The summed E-state index contributed by atoms with van der Waals surface area (Å²) >= 11 is 0. The van der Waals surface area contributed by atoms with Gasteiger partial charge in [-0.25, -0.2) is 4.99 Å². The third kappa shape index (κ3) is 1.76. The SMILES string of the molecule is Cn1cc(C2=NCC3(CC4CCC(C3)N4)O2)c2ccccc21. The van der Waals surface area contributed by atoms with E-state index in [4.69, 9.17) is 9.73 Å². The Labute approximate surface area is 130 Å². The topological polar surface area (TPSA) is 38.5 Å². The van der Waals surface area contributed by atoms with Crippen LogP contribution in [0.4, 0.5) is 0 Å². The molecule has 0 saturated carbocycles. The van der Waals surface area contributed by atoms with Crippen molar-refractivity contribution < 1.29 is 4.74 Å². The van der Waals surface area contributed by atoms with Gasteiger partial charge in [0.2, 0.25) is 5.90 Å². The average molecular weight is 295 g/mol. The molecule has 3 aliphatic heterocycles. The van der Waals surface area contributed by atoms with Gasteiger partial charge in [-0.05, 0) is 18.9 Å². The zero-order valence-corrected chi connectivity index (χ0v) is 12.9. The van der Waals surface area contributed by atoms with Crippen LogP contribution in [-0.2, 0) is 11.8 Å². The molecule has 2 atom stereocenters. The summed E-state index contributed by atoms with van der Waals surface area (Å²) in [5.74, 6) is 0.845. The number of aliphatic imine (C=N–C) groups is 1. The predicted octanol–water partition coefficient (Wildman–Crippen LogP) is 2.61. The van der Waals surface area contributed by atoms with E-state index in [1.165, 1.54) is 23.7 Å². The first-order valence-corrected chi connectivity index (χ1v) is 8.26. The first kappa shape index (κ1) is 12.7. The van der Waals surface area contributed by atoms with Crippen LogP contribution in [0.3, 0.4) is 0 Å². The van der Waals surface area contributed by atoms with Crippen molar-refractivity contribution in [2.75, 3.05) is 6.54 Å². The van der Waals surface area contributed by atoms with Gasteiger partial charge >= 0.3 is 0 Å². The average Bonchev–Trinajstić information content (AvgIpc) is 3.17. The number of rotatable bonds is 1. The second-order valence-electron chi connectivity index (χ2n) is 7.12. The largest absolute Gasteiger partial charge is 0.469 e. The molecule has 2 aromatic rings. The molecular formula is C18H21N3O. The minimum Gasteiger partial charge on any atom is -0.469 e. The summed E-state index contributed by atoms with van der Waals surface area (Å²) in [6.07, 6.45) is 6.93. The highest BCUT2D eigenvalue weighted by atomic mass is 16.5. The Hall–Kier alpha value is -1.81. The number of hydrogen-bond acceptors (Lipinski definition) is 3. The number of nitrogens with one attached hydrogen (secondary N) is 1. The van der Waals surface area contributed by atoms with Gasteiger partial charge < -0.3 is 14.6 Å². The number of para-hydroxylation sites is 1. The van der Waals surface area contributed by atoms with Crippen molar-refractivity contribution in [1.29, 1.82) is 0 Å². The van der Waals surface area contributed by atoms with Gasteiger partial charge in [0, 0.05) is 49.1 Å². The highest BCUT2D eigenvalue weighted by molar-refractivity contribution is 6.07. The molecular weight excluding hydrogens is 274 g/mol. The van der Waals surface area contributed by atoms with Gasteiger partial charge in [0.25, 0.3) is 0 Å².